The SMILES string of the molecule is O=CC1(Cc2ccc(I)cc2)CC1. The Kier molecular flexibility index (Phi) is 2.41. The molecule has 0 N–H and O–H groups in total. The maximum Gasteiger partial charge on any atom is 0.126 e. The maximum absolute atomic E-state index is 10.8. The smallest absolute Gasteiger partial charge is 0.126 e. The van der Waals surface area contributed by atoms with Crippen LogP contribution in [-0.4, -0.2) is 6.29 Å². The summed E-state index contributed by atoms with van der Waals surface area (Å²) in [6, 6.07) is 8.42. The van der Waals surface area contributed by atoms with Crippen molar-refractivity contribution in [2.24, 2.45) is 5.41 Å². The van der Waals surface area contributed by atoms with Gasteiger partial charge in [-0.15, -0.1) is 0 Å². The molecule has 0 saturated heterocycles. The van der Waals surface area contributed by atoms with Crippen molar-refractivity contribution < 1.29 is 4.79 Å². The predicted octanol–water partition coefficient (Wildman–Crippen LogP) is 2.81. The van der Waals surface area contributed by atoms with Gasteiger partial charge in [0.15, 0.2) is 0 Å². The highest BCUT2D eigenvalue weighted by Crippen LogP contribution is 2.46. The van der Waals surface area contributed by atoms with E-state index in [2.05, 4.69) is 46.9 Å². The number of hydrogen-bond donors (Lipinski definition) is 0. The zero-order valence-electron chi connectivity index (χ0n) is 7.29. The molecule has 0 atom stereocenters. The second-order valence-corrected chi connectivity index (χ2v) is 5.03. The van der Waals surface area contributed by atoms with Crippen LogP contribution >= 0.6 is 22.6 Å². The number of hydrogen-bond acceptors (Lipinski definition) is 1. The fourth-order valence-electron chi connectivity index (χ4n) is 1.51. The first-order chi connectivity index (χ1) is 6.24. The van der Waals surface area contributed by atoms with E-state index in [-0.39, 0.29) is 5.41 Å². The number of rotatable bonds is 3. The third-order valence-corrected chi connectivity index (χ3v) is 3.33. The van der Waals surface area contributed by atoms with Crippen molar-refractivity contribution in [1.82, 2.24) is 0 Å². The van der Waals surface area contributed by atoms with E-state index in [1.807, 2.05) is 0 Å². The molecule has 0 radical (unpaired) electrons. The van der Waals surface area contributed by atoms with E-state index in [0.29, 0.717) is 0 Å². The van der Waals surface area contributed by atoms with Gasteiger partial charge in [0.25, 0.3) is 0 Å². The second-order valence-electron chi connectivity index (χ2n) is 3.78. The fraction of sp³-hybridized carbons (Fsp3) is 0.364. The van der Waals surface area contributed by atoms with Gasteiger partial charge in [0, 0.05) is 8.99 Å². The van der Waals surface area contributed by atoms with E-state index in [1.54, 1.807) is 0 Å². The number of halogens is 1. The van der Waals surface area contributed by atoms with Gasteiger partial charge >= 0.3 is 0 Å². The molecule has 0 spiro atoms. The summed E-state index contributed by atoms with van der Waals surface area (Å²) in [5.41, 5.74) is 1.29. The Morgan fingerprint density at radius 1 is 1.31 bits per heavy atom. The molecule has 1 aliphatic rings. The Labute approximate surface area is 91.7 Å². The van der Waals surface area contributed by atoms with Crippen LogP contribution in [0.4, 0.5) is 0 Å². The molecule has 68 valence electrons. The van der Waals surface area contributed by atoms with E-state index >= 15 is 0 Å². The summed E-state index contributed by atoms with van der Waals surface area (Å²) in [5.74, 6) is 0. The molecule has 1 aromatic rings. The van der Waals surface area contributed by atoms with Crippen LogP contribution in [0.2, 0.25) is 0 Å². The number of carbonyl (C=O) groups excluding carboxylic acids is 1. The Balaban J connectivity index is 2.10. The molecule has 1 aromatic carbocycles. The molecular weight excluding hydrogens is 275 g/mol. The molecule has 1 saturated carbocycles. The van der Waals surface area contributed by atoms with Gasteiger partial charge in [-0.2, -0.15) is 0 Å². The van der Waals surface area contributed by atoms with Gasteiger partial charge in [0.05, 0.1) is 0 Å². The Morgan fingerprint density at radius 2 is 1.92 bits per heavy atom. The van der Waals surface area contributed by atoms with E-state index in [4.69, 9.17) is 0 Å². The van der Waals surface area contributed by atoms with Gasteiger partial charge < -0.3 is 4.79 Å². The first kappa shape index (κ1) is 9.19. The van der Waals surface area contributed by atoms with Crippen molar-refractivity contribution in [3.05, 3.63) is 33.4 Å². The molecular formula is C11H11IO. The van der Waals surface area contributed by atoms with Crippen LogP contribution in [0.15, 0.2) is 24.3 Å². The molecule has 2 rings (SSSR count). The van der Waals surface area contributed by atoms with Crippen molar-refractivity contribution >= 4 is 28.9 Å². The fourth-order valence-corrected chi connectivity index (χ4v) is 1.87. The van der Waals surface area contributed by atoms with Crippen LogP contribution in [0.1, 0.15) is 18.4 Å². The summed E-state index contributed by atoms with van der Waals surface area (Å²) in [6.45, 7) is 0. The lowest BCUT2D eigenvalue weighted by Gasteiger charge is -2.06. The second kappa shape index (κ2) is 3.40. The zero-order valence-corrected chi connectivity index (χ0v) is 9.45. The Morgan fingerprint density at radius 3 is 2.38 bits per heavy atom. The first-order valence-electron chi connectivity index (χ1n) is 4.45. The van der Waals surface area contributed by atoms with Gasteiger partial charge in [0.2, 0.25) is 0 Å². The minimum atomic E-state index is 0.00674. The molecule has 2 heteroatoms. The Hall–Kier alpha value is -0.380. The third kappa shape index (κ3) is 2.10. The van der Waals surface area contributed by atoms with Gasteiger partial charge in [0.1, 0.15) is 6.29 Å². The Bertz CT molecular complexity index is 311. The lowest BCUT2D eigenvalue weighted by molar-refractivity contribution is -0.112. The molecule has 13 heavy (non-hydrogen) atoms. The van der Waals surface area contributed by atoms with E-state index in [1.165, 1.54) is 9.13 Å². The molecule has 0 heterocycles. The van der Waals surface area contributed by atoms with Gasteiger partial charge in [-0.1, -0.05) is 12.1 Å². The van der Waals surface area contributed by atoms with Crippen LogP contribution in [0.3, 0.4) is 0 Å². The van der Waals surface area contributed by atoms with Gasteiger partial charge in [-0.05, 0) is 59.5 Å². The molecule has 0 aliphatic heterocycles. The summed E-state index contributed by atoms with van der Waals surface area (Å²) in [5, 5.41) is 0. The topological polar surface area (TPSA) is 17.1 Å². The standard InChI is InChI=1S/C11H11IO/c12-10-3-1-9(2-4-10)7-11(8-13)5-6-11/h1-4,8H,5-7H2. The highest BCUT2D eigenvalue weighted by atomic mass is 127. The number of benzene rings is 1. The van der Waals surface area contributed by atoms with Crippen molar-refractivity contribution in [1.29, 1.82) is 0 Å². The summed E-state index contributed by atoms with van der Waals surface area (Å²) in [6.07, 6.45) is 4.20. The molecule has 1 aliphatic carbocycles. The predicted molar refractivity (Wildman–Crippen MR) is 60.6 cm³/mol. The monoisotopic (exact) mass is 286 g/mol. The molecule has 0 amide bonds. The van der Waals surface area contributed by atoms with Crippen LogP contribution in [0, 0.1) is 8.99 Å². The highest BCUT2D eigenvalue weighted by Gasteiger charge is 2.42. The average Bonchev–Trinajstić information content (AvgIpc) is 2.90. The minimum Gasteiger partial charge on any atom is -0.303 e. The van der Waals surface area contributed by atoms with Crippen molar-refractivity contribution in [2.45, 2.75) is 19.3 Å². The van der Waals surface area contributed by atoms with E-state index < -0.39 is 0 Å². The quantitative estimate of drug-likeness (QED) is 0.617. The number of aldehydes is 1. The van der Waals surface area contributed by atoms with Gasteiger partial charge in [-0.25, -0.2) is 0 Å². The molecule has 0 bridgehead atoms. The lowest BCUT2D eigenvalue weighted by atomic mass is 9.98. The first-order valence-corrected chi connectivity index (χ1v) is 5.53. The van der Waals surface area contributed by atoms with Crippen LogP contribution in [-0.2, 0) is 11.2 Å². The largest absolute Gasteiger partial charge is 0.303 e. The summed E-state index contributed by atoms with van der Waals surface area (Å²) < 4.78 is 1.25. The van der Waals surface area contributed by atoms with Crippen LogP contribution < -0.4 is 0 Å². The van der Waals surface area contributed by atoms with Gasteiger partial charge in [-0.3, -0.25) is 0 Å². The molecule has 0 aromatic heterocycles. The third-order valence-electron chi connectivity index (χ3n) is 2.61. The highest BCUT2D eigenvalue weighted by molar-refractivity contribution is 14.1. The summed E-state index contributed by atoms with van der Waals surface area (Å²) in [7, 11) is 0. The minimum absolute atomic E-state index is 0.00674. The van der Waals surface area contributed by atoms with E-state index in [0.717, 1.165) is 25.5 Å². The van der Waals surface area contributed by atoms with Crippen LogP contribution in [0.25, 0.3) is 0 Å². The maximum atomic E-state index is 10.8. The van der Waals surface area contributed by atoms with Crippen molar-refractivity contribution in [3.63, 3.8) is 0 Å². The molecule has 0 unspecified atom stereocenters. The zero-order chi connectivity index (χ0) is 9.31. The van der Waals surface area contributed by atoms with Crippen molar-refractivity contribution in [3.8, 4) is 0 Å². The average molecular weight is 286 g/mol. The van der Waals surface area contributed by atoms with E-state index in [9.17, 15) is 4.79 Å². The normalized spacial score (nSPS) is 18.2. The summed E-state index contributed by atoms with van der Waals surface area (Å²) in [4.78, 5) is 10.8. The van der Waals surface area contributed by atoms with Crippen molar-refractivity contribution in [2.75, 3.05) is 0 Å². The molecule has 1 nitrogen and oxygen atoms in total. The molecule has 1 fully saturated rings. The lowest BCUT2D eigenvalue weighted by Crippen LogP contribution is -2.05. The van der Waals surface area contributed by atoms with Crippen LogP contribution in [0.5, 0.6) is 0 Å². The number of carbonyl (C=O) groups is 1. The summed E-state index contributed by atoms with van der Waals surface area (Å²) >= 11 is 2.29.